The second kappa shape index (κ2) is 10.8. The van der Waals surface area contributed by atoms with E-state index in [0.717, 1.165) is 42.2 Å². The zero-order valence-electron chi connectivity index (χ0n) is 21.9. The van der Waals surface area contributed by atoms with Crippen LogP contribution >= 0.6 is 0 Å². The van der Waals surface area contributed by atoms with Crippen molar-refractivity contribution in [3.63, 3.8) is 0 Å². The maximum absolute atomic E-state index is 13.5. The number of nitrogens with zero attached hydrogens (tertiary/aromatic N) is 3. The summed E-state index contributed by atoms with van der Waals surface area (Å²) in [6.45, 7) is 0.474. The molecular weight excluding hydrogens is 534 g/mol. The molecule has 0 spiro atoms. The smallest absolute Gasteiger partial charge is 0.243 e. The summed E-state index contributed by atoms with van der Waals surface area (Å²) in [6, 6.07) is 16.4. The molecule has 2 bridgehead atoms. The Bertz CT molecular complexity index is 1520. The summed E-state index contributed by atoms with van der Waals surface area (Å²) in [5, 5.41) is 1.89. The zero-order valence-corrected chi connectivity index (χ0v) is 23.6. The molecule has 3 aromatic rings. The molecule has 8 nitrogen and oxygen atoms in total. The van der Waals surface area contributed by atoms with Gasteiger partial charge in [-0.1, -0.05) is 30.3 Å². The van der Waals surface area contributed by atoms with Crippen LogP contribution in [-0.2, 0) is 20.0 Å². The molecule has 0 aliphatic carbocycles. The highest BCUT2D eigenvalue weighted by Gasteiger charge is 2.47. The minimum atomic E-state index is -3.65. The summed E-state index contributed by atoms with van der Waals surface area (Å²) < 4.78 is 63.4. The van der Waals surface area contributed by atoms with Gasteiger partial charge < -0.3 is 4.74 Å². The number of benzene rings is 2. The van der Waals surface area contributed by atoms with Crippen molar-refractivity contribution in [2.75, 3.05) is 12.3 Å². The van der Waals surface area contributed by atoms with E-state index in [1.165, 1.54) is 0 Å². The van der Waals surface area contributed by atoms with E-state index in [0.29, 0.717) is 37.1 Å². The van der Waals surface area contributed by atoms with Gasteiger partial charge in [-0.15, -0.1) is 0 Å². The molecule has 6 rings (SSSR count). The number of fused-ring (bicyclic) bond motifs is 3. The van der Waals surface area contributed by atoms with E-state index in [1.54, 1.807) is 33.1 Å². The highest BCUT2D eigenvalue weighted by atomic mass is 32.2. The molecule has 0 amide bonds. The molecule has 3 aliphatic rings. The largest absolute Gasteiger partial charge is 0.490 e. The average Bonchev–Trinajstić information content (AvgIpc) is 3.52. The Morgan fingerprint density at radius 1 is 0.872 bits per heavy atom. The molecule has 10 heteroatoms. The third-order valence-corrected chi connectivity index (χ3v) is 12.5. The minimum Gasteiger partial charge on any atom is -0.490 e. The first kappa shape index (κ1) is 26.7. The van der Waals surface area contributed by atoms with E-state index < -0.39 is 20.0 Å². The molecule has 3 saturated heterocycles. The summed E-state index contributed by atoms with van der Waals surface area (Å²) in [7, 11) is -7.09. The van der Waals surface area contributed by atoms with Crippen LogP contribution in [0.5, 0.6) is 5.75 Å². The summed E-state index contributed by atoms with van der Waals surface area (Å²) in [5.41, 5.74) is 0. The van der Waals surface area contributed by atoms with E-state index in [2.05, 4.69) is 4.98 Å². The van der Waals surface area contributed by atoms with Gasteiger partial charge in [0.15, 0.2) is 0 Å². The molecule has 4 atom stereocenters. The standard InChI is InChI=1S/C29H35N3O5S2/c33-38(34,32-25-10-11-26(32)21-28(20-25)37-27-13-15-30-16-14-27)18-4-8-24-7-3-17-31(24)39(35,36)29-12-9-22-5-1-2-6-23(22)19-29/h1-2,5-6,9,12-16,19,24-26,28H,3-4,7-8,10-11,17-18,20-21H2/t24-,25-,26+,28-/m0/s1. The summed E-state index contributed by atoms with van der Waals surface area (Å²) in [6.07, 6.45) is 9.05. The van der Waals surface area contributed by atoms with Crippen LogP contribution in [0.2, 0.25) is 0 Å². The first-order valence-electron chi connectivity index (χ1n) is 13.9. The lowest BCUT2D eigenvalue weighted by atomic mass is 10.0. The number of aromatic nitrogens is 1. The van der Waals surface area contributed by atoms with Gasteiger partial charge in [0.05, 0.1) is 10.6 Å². The van der Waals surface area contributed by atoms with Crippen molar-refractivity contribution in [3.8, 4) is 5.75 Å². The fourth-order valence-corrected chi connectivity index (χ4v) is 10.5. The van der Waals surface area contributed by atoms with Crippen LogP contribution in [0.4, 0.5) is 0 Å². The van der Waals surface area contributed by atoms with Gasteiger partial charge in [0.2, 0.25) is 20.0 Å². The lowest BCUT2D eigenvalue weighted by Gasteiger charge is -2.38. The zero-order chi connectivity index (χ0) is 27.0. The van der Waals surface area contributed by atoms with Crippen molar-refractivity contribution in [2.45, 2.75) is 80.5 Å². The number of hydrogen-bond donors (Lipinski definition) is 0. The number of hydrogen-bond acceptors (Lipinski definition) is 6. The Labute approximate surface area is 231 Å². The Balaban J connectivity index is 1.07. The molecule has 0 unspecified atom stereocenters. The third kappa shape index (κ3) is 5.44. The van der Waals surface area contributed by atoms with Crippen molar-refractivity contribution in [2.24, 2.45) is 0 Å². The van der Waals surface area contributed by atoms with Gasteiger partial charge in [0.1, 0.15) is 11.9 Å². The van der Waals surface area contributed by atoms with Crippen molar-refractivity contribution in [1.29, 1.82) is 0 Å². The number of ether oxygens (including phenoxy) is 1. The van der Waals surface area contributed by atoms with Gasteiger partial charge in [-0.3, -0.25) is 4.98 Å². The van der Waals surface area contributed by atoms with Gasteiger partial charge in [-0.2, -0.15) is 8.61 Å². The van der Waals surface area contributed by atoms with Crippen molar-refractivity contribution in [3.05, 3.63) is 67.0 Å². The monoisotopic (exact) mass is 569 g/mol. The van der Waals surface area contributed by atoms with Crippen molar-refractivity contribution < 1.29 is 21.6 Å². The Kier molecular flexibility index (Phi) is 7.39. The van der Waals surface area contributed by atoms with Gasteiger partial charge in [0, 0.05) is 49.9 Å². The third-order valence-electron chi connectivity index (χ3n) is 8.49. The second-order valence-electron chi connectivity index (χ2n) is 11.0. The predicted octanol–water partition coefficient (Wildman–Crippen LogP) is 4.57. The molecule has 0 saturated carbocycles. The van der Waals surface area contributed by atoms with Crippen molar-refractivity contribution >= 4 is 30.8 Å². The molecule has 3 aliphatic heterocycles. The molecule has 208 valence electrons. The van der Waals surface area contributed by atoms with Crippen LogP contribution in [0.1, 0.15) is 51.4 Å². The fraction of sp³-hybridized carbons (Fsp3) is 0.483. The SMILES string of the molecule is O=S(=O)(CCC[C@@H]1CCCN1S(=O)(=O)c1ccc2ccccc2c1)N1[C@@H]2CC[C@H]1C[C@H](Oc1ccncc1)C2. The molecule has 0 radical (unpaired) electrons. The fourth-order valence-electron chi connectivity index (χ4n) is 6.73. The van der Waals surface area contributed by atoms with E-state index in [4.69, 9.17) is 4.74 Å². The van der Waals surface area contributed by atoms with Gasteiger partial charge in [-0.25, -0.2) is 16.8 Å². The van der Waals surface area contributed by atoms with Gasteiger partial charge >= 0.3 is 0 Å². The second-order valence-corrected chi connectivity index (χ2v) is 14.9. The van der Waals surface area contributed by atoms with Crippen molar-refractivity contribution in [1.82, 2.24) is 13.6 Å². The molecule has 3 fully saturated rings. The Hall–Kier alpha value is -2.53. The minimum absolute atomic E-state index is 0.00344. The van der Waals surface area contributed by atoms with Crippen LogP contribution in [0.15, 0.2) is 71.9 Å². The Morgan fingerprint density at radius 3 is 2.33 bits per heavy atom. The maximum Gasteiger partial charge on any atom is 0.243 e. The van der Waals surface area contributed by atoms with E-state index in [1.807, 2.05) is 42.5 Å². The van der Waals surface area contributed by atoms with Gasteiger partial charge in [-0.05, 0) is 73.6 Å². The van der Waals surface area contributed by atoms with Crippen LogP contribution in [0.25, 0.3) is 10.8 Å². The summed E-state index contributed by atoms with van der Waals surface area (Å²) >= 11 is 0. The lowest BCUT2D eigenvalue weighted by Crippen LogP contribution is -2.50. The highest BCUT2D eigenvalue weighted by molar-refractivity contribution is 7.89. The number of rotatable bonds is 9. The van der Waals surface area contributed by atoms with E-state index in [9.17, 15) is 16.8 Å². The predicted molar refractivity (Wildman–Crippen MR) is 150 cm³/mol. The van der Waals surface area contributed by atoms with E-state index in [-0.39, 0.29) is 30.0 Å². The summed E-state index contributed by atoms with van der Waals surface area (Å²) in [4.78, 5) is 4.32. The number of piperidine rings is 1. The molecule has 1 aromatic heterocycles. The van der Waals surface area contributed by atoms with Gasteiger partial charge in [0.25, 0.3) is 0 Å². The molecular formula is C29H35N3O5S2. The molecule has 0 N–H and O–H groups in total. The van der Waals surface area contributed by atoms with Crippen LogP contribution < -0.4 is 4.74 Å². The van der Waals surface area contributed by atoms with Crippen LogP contribution in [0, 0.1) is 0 Å². The Morgan fingerprint density at radius 2 is 1.59 bits per heavy atom. The molecule has 2 aromatic carbocycles. The first-order valence-corrected chi connectivity index (χ1v) is 16.9. The first-order chi connectivity index (χ1) is 18.8. The maximum atomic E-state index is 13.5. The van der Waals surface area contributed by atoms with Crippen LogP contribution in [-0.4, -0.2) is 67.0 Å². The quantitative estimate of drug-likeness (QED) is 0.375. The van der Waals surface area contributed by atoms with Crippen LogP contribution in [0.3, 0.4) is 0 Å². The molecule has 39 heavy (non-hydrogen) atoms. The average molecular weight is 570 g/mol. The summed E-state index contributed by atoms with van der Waals surface area (Å²) in [5.74, 6) is 0.821. The van der Waals surface area contributed by atoms with E-state index >= 15 is 0 Å². The topological polar surface area (TPSA) is 96.9 Å². The highest BCUT2D eigenvalue weighted by Crippen LogP contribution is 2.40. The normalized spacial score (nSPS) is 26.3. The lowest BCUT2D eigenvalue weighted by molar-refractivity contribution is 0.0956. The number of sulfonamides is 2. The molecule has 4 heterocycles. The number of pyridine rings is 1.